The molecule has 3 fully saturated rings. The number of hydrogen-bond acceptors (Lipinski definition) is 3. The maximum absolute atomic E-state index is 12.8. The van der Waals surface area contributed by atoms with Gasteiger partial charge in [0.1, 0.15) is 0 Å². The number of nitrogens with zero attached hydrogens (tertiary/aromatic N) is 1. The van der Waals surface area contributed by atoms with E-state index >= 15 is 0 Å². The lowest BCUT2D eigenvalue weighted by Gasteiger charge is -2.38. The second-order valence-electron chi connectivity index (χ2n) is 8.29. The minimum Gasteiger partial charge on any atom is -0.349 e. The van der Waals surface area contributed by atoms with E-state index in [0.717, 1.165) is 55.9 Å². The van der Waals surface area contributed by atoms with Gasteiger partial charge in [-0.1, -0.05) is 0 Å². The molecule has 2 aliphatic carbocycles. The Kier molecular flexibility index (Phi) is 3.42. The van der Waals surface area contributed by atoms with Crippen LogP contribution in [0.1, 0.15) is 54.4 Å². The molecule has 1 aromatic rings. The van der Waals surface area contributed by atoms with Gasteiger partial charge in [-0.25, -0.2) is 0 Å². The molecule has 0 atom stereocenters. The molecule has 2 amide bonds. The summed E-state index contributed by atoms with van der Waals surface area (Å²) in [5.74, 6) is 0.996. The SMILES string of the molecule is O=C(NC1CC1)c1ccc2c(c1)C1(CCN(CC3CC3)CC1)C(=O)N2. The van der Waals surface area contributed by atoms with E-state index in [2.05, 4.69) is 15.5 Å². The standard InChI is InChI=1S/C20H25N3O2/c24-18(21-15-4-5-15)14-3-6-17-16(11-14)20(19(25)22-17)7-9-23(10-8-20)12-13-1-2-13/h3,6,11,13,15H,1-2,4-5,7-10,12H2,(H,21,24)(H,22,25). The largest absolute Gasteiger partial charge is 0.349 e. The number of carbonyl (C=O) groups is 2. The molecule has 0 aromatic heterocycles. The van der Waals surface area contributed by atoms with Crippen LogP contribution in [0.15, 0.2) is 18.2 Å². The molecule has 1 spiro atoms. The van der Waals surface area contributed by atoms with E-state index in [-0.39, 0.29) is 11.8 Å². The van der Waals surface area contributed by atoms with Gasteiger partial charge in [-0.3, -0.25) is 9.59 Å². The van der Waals surface area contributed by atoms with Crippen LogP contribution in [-0.4, -0.2) is 42.4 Å². The number of likely N-dealkylation sites (tertiary alicyclic amines) is 1. The van der Waals surface area contributed by atoms with Gasteiger partial charge in [-0.05, 0) is 81.3 Å². The number of amides is 2. The predicted octanol–water partition coefficient (Wildman–Crippen LogP) is 2.27. The lowest BCUT2D eigenvalue weighted by Crippen LogP contribution is -2.47. The first-order valence-corrected chi connectivity index (χ1v) is 9.63. The van der Waals surface area contributed by atoms with E-state index in [0.29, 0.717) is 11.6 Å². The van der Waals surface area contributed by atoms with Crippen LogP contribution >= 0.6 is 0 Å². The second-order valence-corrected chi connectivity index (χ2v) is 8.29. The van der Waals surface area contributed by atoms with E-state index in [1.54, 1.807) is 0 Å². The van der Waals surface area contributed by atoms with Crippen LogP contribution in [0.5, 0.6) is 0 Å². The van der Waals surface area contributed by atoms with Gasteiger partial charge >= 0.3 is 0 Å². The molecule has 5 heteroatoms. The third kappa shape index (κ3) is 2.74. The fourth-order valence-electron chi connectivity index (χ4n) is 4.33. The Morgan fingerprint density at radius 1 is 1.20 bits per heavy atom. The van der Waals surface area contributed by atoms with Crippen LogP contribution in [0.2, 0.25) is 0 Å². The Morgan fingerprint density at radius 2 is 1.96 bits per heavy atom. The van der Waals surface area contributed by atoms with Crippen molar-refractivity contribution in [1.82, 2.24) is 10.2 Å². The normalized spacial score (nSPS) is 24.9. The minimum absolute atomic E-state index is 0.00836. The summed E-state index contributed by atoms with van der Waals surface area (Å²) in [6.07, 6.45) is 6.60. The van der Waals surface area contributed by atoms with Gasteiger partial charge in [-0.15, -0.1) is 0 Å². The van der Waals surface area contributed by atoms with E-state index in [9.17, 15) is 9.59 Å². The first-order valence-electron chi connectivity index (χ1n) is 9.63. The maximum atomic E-state index is 12.8. The molecule has 5 rings (SSSR count). The van der Waals surface area contributed by atoms with Gasteiger partial charge < -0.3 is 15.5 Å². The second kappa shape index (κ2) is 5.56. The molecule has 5 nitrogen and oxygen atoms in total. The van der Waals surface area contributed by atoms with Gasteiger partial charge in [-0.2, -0.15) is 0 Å². The summed E-state index contributed by atoms with van der Waals surface area (Å²) < 4.78 is 0. The molecule has 1 saturated heterocycles. The molecule has 4 aliphatic rings. The first-order chi connectivity index (χ1) is 12.1. The van der Waals surface area contributed by atoms with Crippen LogP contribution in [0.25, 0.3) is 0 Å². The molecular formula is C20H25N3O2. The number of piperidine rings is 1. The monoisotopic (exact) mass is 339 g/mol. The summed E-state index contributed by atoms with van der Waals surface area (Å²) in [5, 5.41) is 6.10. The third-order valence-electron chi connectivity index (χ3n) is 6.32. The zero-order valence-corrected chi connectivity index (χ0v) is 14.5. The van der Waals surface area contributed by atoms with E-state index < -0.39 is 5.41 Å². The Morgan fingerprint density at radius 3 is 2.64 bits per heavy atom. The summed E-state index contributed by atoms with van der Waals surface area (Å²) >= 11 is 0. The molecule has 132 valence electrons. The van der Waals surface area contributed by atoms with Crippen molar-refractivity contribution in [3.63, 3.8) is 0 Å². The van der Waals surface area contributed by atoms with Crippen LogP contribution in [0.4, 0.5) is 5.69 Å². The van der Waals surface area contributed by atoms with Crippen LogP contribution < -0.4 is 10.6 Å². The predicted molar refractivity (Wildman–Crippen MR) is 95.6 cm³/mol. The Hall–Kier alpha value is -1.88. The van der Waals surface area contributed by atoms with Crippen molar-refractivity contribution >= 4 is 17.5 Å². The first kappa shape index (κ1) is 15.4. The molecule has 2 aliphatic heterocycles. The number of hydrogen-bond donors (Lipinski definition) is 2. The summed E-state index contributed by atoms with van der Waals surface area (Å²) in [6, 6.07) is 6.04. The van der Waals surface area contributed by atoms with Crippen molar-refractivity contribution in [2.45, 2.75) is 50.0 Å². The van der Waals surface area contributed by atoms with Gasteiger partial charge in [0.25, 0.3) is 5.91 Å². The molecule has 25 heavy (non-hydrogen) atoms. The number of carbonyl (C=O) groups excluding carboxylic acids is 2. The number of fused-ring (bicyclic) bond motifs is 2. The van der Waals surface area contributed by atoms with Crippen LogP contribution in [0.3, 0.4) is 0 Å². The molecule has 0 radical (unpaired) electrons. The molecule has 0 unspecified atom stereocenters. The molecule has 1 aromatic carbocycles. The lowest BCUT2D eigenvalue weighted by atomic mass is 9.73. The summed E-state index contributed by atoms with van der Waals surface area (Å²) in [4.78, 5) is 27.7. The van der Waals surface area contributed by atoms with E-state index in [1.165, 1.54) is 19.4 Å². The number of rotatable bonds is 4. The molecular weight excluding hydrogens is 314 g/mol. The quantitative estimate of drug-likeness (QED) is 0.885. The zero-order valence-electron chi connectivity index (χ0n) is 14.5. The minimum atomic E-state index is -0.439. The summed E-state index contributed by atoms with van der Waals surface area (Å²) in [7, 11) is 0. The Balaban J connectivity index is 1.38. The number of nitrogens with one attached hydrogen (secondary N) is 2. The van der Waals surface area contributed by atoms with Gasteiger partial charge in [0.15, 0.2) is 0 Å². The van der Waals surface area contributed by atoms with Crippen molar-refractivity contribution in [3.05, 3.63) is 29.3 Å². The van der Waals surface area contributed by atoms with E-state index in [1.807, 2.05) is 18.2 Å². The van der Waals surface area contributed by atoms with Crippen molar-refractivity contribution < 1.29 is 9.59 Å². The van der Waals surface area contributed by atoms with Gasteiger partial charge in [0.2, 0.25) is 5.91 Å². The van der Waals surface area contributed by atoms with Crippen LogP contribution in [-0.2, 0) is 10.2 Å². The van der Waals surface area contributed by atoms with Crippen molar-refractivity contribution in [2.24, 2.45) is 5.92 Å². The molecule has 2 saturated carbocycles. The van der Waals surface area contributed by atoms with E-state index in [4.69, 9.17) is 0 Å². The average molecular weight is 339 g/mol. The van der Waals surface area contributed by atoms with Crippen LogP contribution in [0, 0.1) is 5.92 Å². The molecule has 2 N–H and O–H groups in total. The van der Waals surface area contributed by atoms with Gasteiger partial charge in [0.05, 0.1) is 5.41 Å². The summed E-state index contributed by atoms with van der Waals surface area (Å²) in [5.41, 5.74) is 2.17. The highest BCUT2D eigenvalue weighted by molar-refractivity contribution is 6.07. The smallest absolute Gasteiger partial charge is 0.251 e. The fraction of sp³-hybridized carbons (Fsp3) is 0.600. The van der Waals surface area contributed by atoms with Crippen molar-refractivity contribution in [3.8, 4) is 0 Å². The van der Waals surface area contributed by atoms with Crippen molar-refractivity contribution in [1.29, 1.82) is 0 Å². The number of benzene rings is 1. The molecule has 2 heterocycles. The molecule has 0 bridgehead atoms. The third-order valence-corrected chi connectivity index (χ3v) is 6.32. The highest BCUT2D eigenvalue weighted by atomic mass is 16.2. The lowest BCUT2D eigenvalue weighted by molar-refractivity contribution is -0.122. The number of anilines is 1. The summed E-state index contributed by atoms with van der Waals surface area (Å²) in [6.45, 7) is 3.14. The Bertz CT molecular complexity index is 728. The highest BCUT2D eigenvalue weighted by Crippen LogP contribution is 2.45. The average Bonchev–Trinajstić information content (AvgIpc) is 3.53. The topological polar surface area (TPSA) is 61.4 Å². The fourth-order valence-corrected chi connectivity index (χ4v) is 4.33. The highest BCUT2D eigenvalue weighted by Gasteiger charge is 2.48. The van der Waals surface area contributed by atoms with Crippen molar-refractivity contribution in [2.75, 3.05) is 25.0 Å². The van der Waals surface area contributed by atoms with Gasteiger partial charge in [0, 0.05) is 23.8 Å². The Labute approximate surface area is 148 Å². The zero-order chi connectivity index (χ0) is 17.0. The maximum Gasteiger partial charge on any atom is 0.251 e.